The first-order valence-corrected chi connectivity index (χ1v) is 7.49. The SMILES string of the molecule is CCC(CC)N(CCO)C(=O)c1ccc2c(c1)CCN2. The molecule has 4 heteroatoms. The number of amides is 1. The molecular formula is C16H24N2O2. The van der Waals surface area contributed by atoms with Crippen LogP contribution in [-0.2, 0) is 6.42 Å². The van der Waals surface area contributed by atoms with E-state index in [1.54, 1.807) is 0 Å². The average Bonchev–Trinajstić information content (AvgIpc) is 2.94. The van der Waals surface area contributed by atoms with Crippen molar-refractivity contribution in [3.05, 3.63) is 29.3 Å². The normalized spacial score (nSPS) is 13.2. The first-order chi connectivity index (χ1) is 9.71. The molecule has 1 amide bonds. The molecule has 1 aromatic carbocycles. The number of hydrogen-bond acceptors (Lipinski definition) is 3. The van der Waals surface area contributed by atoms with Gasteiger partial charge in [-0.1, -0.05) is 13.8 Å². The number of hydrogen-bond donors (Lipinski definition) is 2. The monoisotopic (exact) mass is 276 g/mol. The number of benzene rings is 1. The van der Waals surface area contributed by atoms with Crippen molar-refractivity contribution in [2.24, 2.45) is 0 Å². The fourth-order valence-electron chi connectivity index (χ4n) is 2.89. The molecular weight excluding hydrogens is 252 g/mol. The zero-order valence-electron chi connectivity index (χ0n) is 12.4. The summed E-state index contributed by atoms with van der Waals surface area (Å²) < 4.78 is 0. The molecule has 0 spiro atoms. The van der Waals surface area contributed by atoms with E-state index in [1.165, 1.54) is 5.56 Å². The summed E-state index contributed by atoms with van der Waals surface area (Å²) in [5.41, 5.74) is 3.08. The van der Waals surface area contributed by atoms with E-state index in [4.69, 9.17) is 0 Å². The number of carbonyl (C=O) groups is 1. The standard InChI is InChI=1S/C16H24N2O2/c1-3-14(4-2)18(9-10-19)16(20)13-5-6-15-12(11-13)7-8-17-15/h5-6,11,14,17,19H,3-4,7-10H2,1-2H3. The van der Waals surface area contributed by atoms with Gasteiger partial charge >= 0.3 is 0 Å². The molecule has 2 N–H and O–H groups in total. The highest BCUT2D eigenvalue weighted by atomic mass is 16.3. The number of fused-ring (bicyclic) bond motifs is 1. The number of nitrogens with one attached hydrogen (secondary N) is 1. The van der Waals surface area contributed by atoms with Gasteiger partial charge in [-0.2, -0.15) is 0 Å². The second-order valence-electron chi connectivity index (χ2n) is 5.24. The number of anilines is 1. The van der Waals surface area contributed by atoms with Gasteiger partial charge in [-0.15, -0.1) is 0 Å². The third kappa shape index (κ3) is 2.96. The molecule has 1 heterocycles. The predicted molar refractivity (Wildman–Crippen MR) is 81.1 cm³/mol. The first kappa shape index (κ1) is 14.9. The van der Waals surface area contributed by atoms with Crippen LogP contribution < -0.4 is 5.32 Å². The van der Waals surface area contributed by atoms with Gasteiger partial charge in [0.25, 0.3) is 5.91 Å². The van der Waals surface area contributed by atoms with Gasteiger partial charge in [0.1, 0.15) is 0 Å². The van der Waals surface area contributed by atoms with Crippen molar-refractivity contribution in [3.8, 4) is 0 Å². The Morgan fingerprint density at radius 1 is 1.40 bits per heavy atom. The third-order valence-corrected chi connectivity index (χ3v) is 4.05. The topological polar surface area (TPSA) is 52.6 Å². The maximum atomic E-state index is 12.7. The number of rotatable bonds is 6. The number of nitrogens with zero attached hydrogens (tertiary/aromatic N) is 1. The highest BCUT2D eigenvalue weighted by Gasteiger charge is 2.23. The van der Waals surface area contributed by atoms with Crippen molar-refractivity contribution in [3.63, 3.8) is 0 Å². The van der Waals surface area contributed by atoms with Gasteiger partial charge in [0.05, 0.1) is 6.61 Å². The molecule has 0 atom stereocenters. The second kappa shape index (κ2) is 6.75. The summed E-state index contributed by atoms with van der Waals surface area (Å²) in [4.78, 5) is 14.5. The Balaban J connectivity index is 2.22. The van der Waals surface area contributed by atoms with Gasteiger partial charge in [-0.25, -0.2) is 0 Å². The molecule has 20 heavy (non-hydrogen) atoms. The molecule has 0 saturated carbocycles. The predicted octanol–water partition coefficient (Wildman–Crippen LogP) is 2.28. The first-order valence-electron chi connectivity index (χ1n) is 7.49. The van der Waals surface area contributed by atoms with E-state index in [1.807, 2.05) is 23.1 Å². The Morgan fingerprint density at radius 2 is 2.15 bits per heavy atom. The minimum absolute atomic E-state index is 0.00867. The van der Waals surface area contributed by atoms with Gasteiger partial charge in [-0.3, -0.25) is 4.79 Å². The molecule has 4 nitrogen and oxygen atoms in total. The van der Waals surface area contributed by atoms with Gasteiger partial charge < -0.3 is 15.3 Å². The molecule has 1 aromatic rings. The van der Waals surface area contributed by atoms with Gasteiger partial charge in [0.2, 0.25) is 0 Å². The third-order valence-electron chi connectivity index (χ3n) is 4.05. The number of aliphatic hydroxyl groups is 1. The molecule has 2 rings (SSSR count). The smallest absolute Gasteiger partial charge is 0.254 e. The molecule has 0 radical (unpaired) electrons. The van der Waals surface area contributed by atoms with Gasteiger partial charge in [0, 0.05) is 30.4 Å². The lowest BCUT2D eigenvalue weighted by Gasteiger charge is -2.30. The molecule has 0 unspecified atom stereocenters. The molecule has 0 fully saturated rings. The van der Waals surface area contributed by atoms with Crippen LogP contribution >= 0.6 is 0 Å². The quantitative estimate of drug-likeness (QED) is 0.838. The van der Waals surface area contributed by atoms with Crippen LogP contribution in [0.25, 0.3) is 0 Å². The van der Waals surface area contributed by atoms with Crippen molar-refractivity contribution < 1.29 is 9.90 Å². The molecule has 0 aromatic heterocycles. The van der Waals surface area contributed by atoms with Crippen LogP contribution in [0.2, 0.25) is 0 Å². The molecule has 0 bridgehead atoms. The minimum atomic E-state index is 0.00867. The number of carbonyl (C=O) groups excluding carboxylic acids is 1. The average molecular weight is 276 g/mol. The van der Waals surface area contributed by atoms with Crippen LogP contribution in [0.3, 0.4) is 0 Å². The van der Waals surface area contributed by atoms with Crippen LogP contribution in [0, 0.1) is 0 Å². The van der Waals surface area contributed by atoms with E-state index in [9.17, 15) is 9.90 Å². The molecule has 0 saturated heterocycles. The zero-order chi connectivity index (χ0) is 14.5. The lowest BCUT2D eigenvalue weighted by molar-refractivity contribution is 0.0622. The van der Waals surface area contributed by atoms with Crippen molar-refractivity contribution in [1.82, 2.24) is 4.90 Å². The molecule has 1 aliphatic heterocycles. The Hall–Kier alpha value is -1.55. The van der Waals surface area contributed by atoms with Crippen LogP contribution in [0.1, 0.15) is 42.6 Å². The van der Waals surface area contributed by atoms with E-state index in [-0.39, 0.29) is 18.6 Å². The van der Waals surface area contributed by atoms with Crippen molar-refractivity contribution in [2.75, 3.05) is 25.0 Å². The maximum absolute atomic E-state index is 12.7. The Labute approximate surface area is 120 Å². The van der Waals surface area contributed by atoms with Crippen LogP contribution in [0.4, 0.5) is 5.69 Å². The van der Waals surface area contributed by atoms with E-state index >= 15 is 0 Å². The van der Waals surface area contributed by atoms with E-state index in [0.717, 1.165) is 37.1 Å². The Kier molecular flexibility index (Phi) is 5.01. The fraction of sp³-hybridized carbons (Fsp3) is 0.562. The maximum Gasteiger partial charge on any atom is 0.254 e. The van der Waals surface area contributed by atoms with Crippen molar-refractivity contribution in [1.29, 1.82) is 0 Å². The number of aliphatic hydroxyl groups excluding tert-OH is 1. The Morgan fingerprint density at radius 3 is 2.80 bits per heavy atom. The summed E-state index contributed by atoms with van der Waals surface area (Å²) in [5.74, 6) is 0.0300. The van der Waals surface area contributed by atoms with Crippen LogP contribution in [-0.4, -0.2) is 41.7 Å². The van der Waals surface area contributed by atoms with E-state index in [0.29, 0.717) is 6.54 Å². The van der Waals surface area contributed by atoms with Crippen molar-refractivity contribution >= 4 is 11.6 Å². The second-order valence-corrected chi connectivity index (χ2v) is 5.24. The van der Waals surface area contributed by atoms with Gasteiger partial charge in [0.15, 0.2) is 0 Å². The summed E-state index contributed by atoms with van der Waals surface area (Å²) in [6, 6.07) is 6.05. The van der Waals surface area contributed by atoms with Crippen LogP contribution in [0.5, 0.6) is 0 Å². The van der Waals surface area contributed by atoms with Crippen LogP contribution in [0.15, 0.2) is 18.2 Å². The Bertz CT molecular complexity index is 470. The summed E-state index contributed by atoms with van der Waals surface area (Å²) in [6.07, 6.45) is 2.80. The van der Waals surface area contributed by atoms with E-state index in [2.05, 4.69) is 19.2 Å². The molecule has 1 aliphatic rings. The minimum Gasteiger partial charge on any atom is -0.395 e. The summed E-state index contributed by atoms with van der Waals surface area (Å²) in [7, 11) is 0. The summed E-state index contributed by atoms with van der Waals surface area (Å²) >= 11 is 0. The fourth-order valence-corrected chi connectivity index (χ4v) is 2.89. The van der Waals surface area contributed by atoms with E-state index < -0.39 is 0 Å². The molecule has 110 valence electrons. The summed E-state index contributed by atoms with van der Waals surface area (Å²) in [5, 5.41) is 12.5. The zero-order valence-corrected chi connectivity index (χ0v) is 12.4. The molecule has 0 aliphatic carbocycles. The lowest BCUT2D eigenvalue weighted by atomic mass is 10.0. The van der Waals surface area contributed by atoms with Gasteiger partial charge in [-0.05, 0) is 43.0 Å². The highest BCUT2D eigenvalue weighted by molar-refractivity contribution is 5.95. The lowest BCUT2D eigenvalue weighted by Crippen LogP contribution is -2.41. The highest BCUT2D eigenvalue weighted by Crippen LogP contribution is 2.24. The summed E-state index contributed by atoms with van der Waals surface area (Å²) in [6.45, 7) is 5.52. The largest absolute Gasteiger partial charge is 0.395 e. The van der Waals surface area contributed by atoms with Crippen molar-refractivity contribution in [2.45, 2.75) is 39.2 Å².